The standard InChI is InChI=1S/C16H20N4O3/c1-4-11(2)6-5-7-12(3)10-17-13-8-9-14(20(21)22)16-15(13)18-23-19-16/h4,7-9,17H,5-6,10H2,1-3H3. The summed E-state index contributed by atoms with van der Waals surface area (Å²) in [5.41, 5.74) is 3.65. The molecule has 0 saturated heterocycles. The van der Waals surface area contributed by atoms with E-state index in [2.05, 4.69) is 39.3 Å². The predicted molar refractivity (Wildman–Crippen MR) is 89.4 cm³/mol. The molecule has 1 aromatic heterocycles. The third-order valence-corrected chi connectivity index (χ3v) is 3.67. The van der Waals surface area contributed by atoms with Crippen LogP contribution in [0.1, 0.15) is 33.6 Å². The summed E-state index contributed by atoms with van der Waals surface area (Å²) in [5, 5.41) is 21.5. The highest BCUT2D eigenvalue weighted by Gasteiger charge is 2.19. The number of aromatic nitrogens is 2. The maximum atomic E-state index is 11.0. The Hall–Kier alpha value is -2.70. The Kier molecular flexibility index (Phi) is 5.46. The van der Waals surface area contributed by atoms with Crippen LogP contribution in [-0.2, 0) is 0 Å². The lowest BCUT2D eigenvalue weighted by molar-refractivity contribution is -0.383. The Labute approximate surface area is 134 Å². The highest BCUT2D eigenvalue weighted by atomic mass is 16.6. The van der Waals surface area contributed by atoms with Crippen LogP contribution in [-0.4, -0.2) is 21.8 Å². The molecule has 2 aromatic rings. The predicted octanol–water partition coefficient (Wildman–Crippen LogP) is 4.24. The van der Waals surface area contributed by atoms with E-state index >= 15 is 0 Å². The first kappa shape index (κ1) is 16.7. The van der Waals surface area contributed by atoms with Gasteiger partial charge in [0.1, 0.15) is 0 Å². The summed E-state index contributed by atoms with van der Waals surface area (Å²) in [6.07, 6.45) is 6.34. The number of nitro benzene ring substituents is 1. The summed E-state index contributed by atoms with van der Waals surface area (Å²) in [6.45, 7) is 6.84. The molecule has 1 N–H and O–H groups in total. The van der Waals surface area contributed by atoms with E-state index < -0.39 is 4.92 Å². The fourth-order valence-corrected chi connectivity index (χ4v) is 2.14. The molecule has 0 saturated carbocycles. The van der Waals surface area contributed by atoms with Crippen molar-refractivity contribution in [3.63, 3.8) is 0 Å². The van der Waals surface area contributed by atoms with Crippen LogP contribution in [0.25, 0.3) is 11.0 Å². The molecule has 0 atom stereocenters. The quantitative estimate of drug-likeness (QED) is 0.466. The third kappa shape index (κ3) is 4.15. The average molecular weight is 316 g/mol. The van der Waals surface area contributed by atoms with Crippen molar-refractivity contribution in [3.05, 3.63) is 45.5 Å². The molecule has 0 unspecified atom stereocenters. The van der Waals surface area contributed by atoms with Gasteiger partial charge < -0.3 is 5.32 Å². The molecule has 0 spiro atoms. The number of anilines is 1. The zero-order valence-corrected chi connectivity index (χ0v) is 13.5. The van der Waals surface area contributed by atoms with Gasteiger partial charge in [0.25, 0.3) is 0 Å². The Morgan fingerprint density at radius 2 is 2.04 bits per heavy atom. The van der Waals surface area contributed by atoms with E-state index in [0.29, 0.717) is 17.7 Å². The Morgan fingerprint density at radius 3 is 2.74 bits per heavy atom. The summed E-state index contributed by atoms with van der Waals surface area (Å²) in [7, 11) is 0. The van der Waals surface area contributed by atoms with E-state index in [1.807, 2.05) is 13.8 Å². The number of nitrogens with one attached hydrogen (secondary N) is 1. The van der Waals surface area contributed by atoms with Gasteiger partial charge in [0.2, 0.25) is 5.52 Å². The summed E-state index contributed by atoms with van der Waals surface area (Å²) in [4.78, 5) is 10.5. The Morgan fingerprint density at radius 1 is 1.30 bits per heavy atom. The van der Waals surface area contributed by atoms with Crippen LogP contribution < -0.4 is 5.32 Å². The molecule has 122 valence electrons. The van der Waals surface area contributed by atoms with Crippen LogP contribution in [0.3, 0.4) is 0 Å². The molecule has 7 heteroatoms. The molecule has 0 aliphatic carbocycles. The smallest absolute Gasteiger partial charge is 0.300 e. The Balaban J connectivity index is 2.05. The van der Waals surface area contributed by atoms with Gasteiger partial charge in [-0.25, -0.2) is 4.63 Å². The van der Waals surface area contributed by atoms with Gasteiger partial charge in [0.05, 0.1) is 10.6 Å². The van der Waals surface area contributed by atoms with Crippen molar-refractivity contribution in [1.82, 2.24) is 10.3 Å². The van der Waals surface area contributed by atoms with Crippen molar-refractivity contribution in [2.24, 2.45) is 0 Å². The van der Waals surface area contributed by atoms with Crippen LogP contribution in [0.15, 0.2) is 40.1 Å². The molecule has 0 fully saturated rings. The molecule has 0 aliphatic heterocycles. The second kappa shape index (κ2) is 7.53. The highest BCUT2D eigenvalue weighted by Crippen LogP contribution is 2.28. The van der Waals surface area contributed by atoms with Crippen LogP contribution in [0.4, 0.5) is 11.4 Å². The molecule has 2 rings (SSSR count). The minimum Gasteiger partial charge on any atom is -0.379 e. The van der Waals surface area contributed by atoms with E-state index in [1.165, 1.54) is 17.2 Å². The van der Waals surface area contributed by atoms with Gasteiger partial charge >= 0.3 is 5.69 Å². The van der Waals surface area contributed by atoms with Gasteiger partial charge in [-0.3, -0.25) is 10.1 Å². The van der Waals surface area contributed by atoms with Crippen LogP contribution >= 0.6 is 0 Å². The number of nitro groups is 1. The number of allylic oxidation sites excluding steroid dienone is 3. The van der Waals surface area contributed by atoms with Gasteiger partial charge in [0.15, 0.2) is 5.52 Å². The fraction of sp³-hybridized carbons (Fsp3) is 0.375. The first-order valence-electron chi connectivity index (χ1n) is 7.44. The van der Waals surface area contributed by atoms with Gasteiger partial charge in [-0.15, -0.1) is 0 Å². The van der Waals surface area contributed by atoms with E-state index in [0.717, 1.165) is 12.8 Å². The zero-order chi connectivity index (χ0) is 16.8. The minimum absolute atomic E-state index is 0.110. The van der Waals surface area contributed by atoms with Crippen molar-refractivity contribution >= 4 is 22.4 Å². The van der Waals surface area contributed by atoms with Crippen LogP contribution in [0, 0.1) is 10.1 Å². The third-order valence-electron chi connectivity index (χ3n) is 3.67. The van der Waals surface area contributed by atoms with Crippen molar-refractivity contribution in [2.45, 2.75) is 33.6 Å². The first-order valence-corrected chi connectivity index (χ1v) is 7.44. The van der Waals surface area contributed by atoms with E-state index in [9.17, 15) is 10.1 Å². The number of nitrogens with zero attached hydrogens (tertiary/aromatic N) is 3. The van der Waals surface area contributed by atoms with Gasteiger partial charge in [-0.2, -0.15) is 0 Å². The zero-order valence-electron chi connectivity index (χ0n) is 13.5. The summed E-state index contributed by atoms with van der Waals surface area (Å²) in [6, 6.07) is 3.03. The number of rotatable bonds is 7. The first-order chi connectivity index (χ1) is 11.0. The molecule has 0 aliphatic rings. The molecule has 23 heavy (non-hydrogen) atoms. The maximum Gasteiger partial charge on any atom is 0.300 e. The average Bonchev–Trinajstić information content (AvgIpc) is 3.01. The molecule has 1 heterocycles. The number of hydrogen-bond acceptors (Lipinski definition) is 6. The van der Waals surface area contributed by atoms with Gasteiger partial charge in [-0.1, -0.05) is 23.3 Å². The Bertz CT molecular complexity index is 762. The number of benzene rings is 1. The van der Waals surface area contributed by atoms with Crippen molar-refractivity contribution < 1.29 is 9.55 Å². The minimum atomic E-state index is -0.495. The second-order valence-electron chi connectivity index (χ2n) is 5.43. The molecule has 7 nitrogen and oxygen atoms in total. The molecule has 0 bridgehead atoms. The maximum absolute atomic E-state index is 11.0. The van der Waals surface area contributed by atoms with Crippen LogP contribution in [0.5, 0.6) is 0 Å². The number of non-ortho nitro benzene ring substituents is 1. The summed E-state index contributed by atoms with van der Waals surface area (Å²) in [5.74, 6) is 0. The second-order valence-corrected chi connectivity index (χ2v) is 5.43. The van der Waals surface area contributed by atoms with E-state index in [-0.39, 0.29) is 11.2 Å². The van der Waals surface area contributed by atoms with Gasteiger partial charge in [0, 0.05) is 12.6 Å². The molecular weight excluding hydrogens is 296 g/mol. The van der Waals surface area contributed by atoms with E-state index in [1.54, 1.807) is 6.07 Å². The topological polar surface area (TPSA) is 94.1 Å². The highest BCUT2D eigenvalue weighted by molar-refractivity contribution is 5.93. The molecule has 0 amide bonds. The van der Waals surface area contributed by atoms with Crippen LogP contribution in [0.2, 0.25) is 0 Å². The lowest BCUT2D eigenvalue weighted by Gasteiger charge is -2.07. The fourth-order valence-electron chi connectivity index (χ4n) is 2.14. The summed E-state index contributed by atoms with van der Waals surface area (Å²) >= 11 is 0. The molecular formula is C16H20N4O3. The van der Waals surface area contributed by atoms with Crippen molar-refractivity contribution in [1.29, 1.82) is 0 Å². The number of hydrogen-bond donors (Lipinski definition) is 1. The lowest BCUT2D eigenvalue weighted by atomic mass is 10.1. The molecule has 0 radical (unpaired) electrons. The van der Waals surface area contributed by atoms with E-state index in [4.69, 9.17) is 0 Å². The largest absolute Gasteiger partial charge is 0.379 e. The van der Waals surface area contributed by atoms with Gasteiger partial charge in [-0.05, 0) is 50.0 Å². The van der Waals surface area contributed by atoms with Crippen molar-refractivity contribution in [2.75, 3.05) is 11.9 Å². The SMILES string of the molecule is CC=C(C)CCC=C(C)CNc1ccc([N+](=O)[O-])c2nonc12. The summed E-state index contributed by atoms with van der Waals surface area (Å²) < 4.78 is 4.64. The molecule has 1 aromatic carbocycles. The number of fused-ring (bicyclic) bond motifs is 1. The lowest BCUT2D eigenvalue weighted by Crippen LogP contribution is -2.04. The monoisotopic (exact) mass is 316 g/mol. The van der Waals surface area contributed by atoms with Crippen molar-refractivity contribution in [3.8, 4) is 0 Å². The normalized spacial score (nSPS) is 12.7.